The number of amidine groups is 2. The van der Waals surface area contributed by atoms with Gasteiger partial charge >= 0.3 is 0 Å². The standard InChI is InChI=1S/C16H15N5/c17-14-7-8-15-19-10-16(18,21(15)20-14)13-6-5-11-3-1-2-4-12(11)9-13/h1-9H,10,18H2,(H2,17,20). The molecule has 2 heterocycles. The highest BCUT2D eigenvalue weighted by Gasteiger charge is 2.42. The second-order valence-electron chi connectivity index (χ2n) is 5.33. The Hall–Kier alpha value is -2.66. The molecule has 4 rings (SSSR count). The van der Waals surface area contributed by atoms with Crippen molar-refractivity contribution in [3.8, 4) is 0 Å². The lowest BCUT2D eigenvalue weighted by Gasteiger charge is -2.34. The minimum absolute atomic E-state index is 0.437. The molecule has 2 aromatic rings. The normalized spacial score (nSPS) is 24.0. The third-order valence-electron chi connectivity index (χ3n) is 3.95. The van der Waals surface area contributed by atoms with Gasteiger partial charge in [0.15, 0.2) is 5.66 Å². The Kier molecular flexibility index (Phi) is 2.40. The molecule has 0 saturated carbocycles. The molecule has 0 amide bonds. The Morgan fingerprint density at radius 2 is 1.86 bits per heavy atom. The molecular weight excluding hydrogens is 262 g/mol. The average Bonchev–Trinajstić information content (AvgIpc) is 2.85. The van der Waals surface area contributed by atoms with E-state index in [1.165, 1.54) is 5.39 Å². The first-order chi connectivity index (χ1) is 10.2. The van der Waals surface area contributed by atoms with Crippen LogP contribution >= 0.6 is 0 Å². The van der Waals surface area contributed by atoms with Gasteiger partial charge in [0.2, 0.25) is 0 Å². The van der Waals surface area contributed by atoms with Crippen molar-refractivity contribution in [2.75, 3.05) is 6.54 Å². The summed E-state index contributed by atoms with van der Waals surface area (Å²) in [6, 6.07) is 14.4. The number of rotatable bonds is 1. The van der Waals surface area contributed by atoms with E-state index in [0.29, 0.717) is 12.4 Å². The molecule has 2 aliphatic rings. The zero-order valence-electron chi connectivity index (χ0n) is 11.4. The number of aliphatic imine (C=N–C) groups is 1. The lowest BCUT2D eigenvalue weighted by molar-refractivity contribution is 0.219. The van der Waals surface area contributed by atoms with E-state index in [-0.39, 0.29) is 0 Å². The highest BCUT2D eigenvalue weighted by Crippen LogP contribution is 2.32. The number of hydrogen-bond donors (Lipinski definition) is 2. The number of nitrogens with two attached hydrogens (primary N) is 2. The molecule has 0 fully saturated rings. The molecule has 0 radical (unpaired) electrons. The van der Waals surface area contributed by atoms with Crippen LogP contribution in [0.15, 0.2) is 64.7 Å². The smallest absolute Gasteiger partial charge is 0.157 e. The van der Waals surface area contributed by atoms with Crippen molar-refractivity contribution in [2.24, 2.45) is 21.6 Å². The van der Waals surface area contributed by atoms with Crippen LogP contribution in [-0.4, -0.2) is 23.2 Å². The van der Waals surface area contributed by atoms with Crippen molar-refractivity contribution in [3.05, 3.63) is 60.2 Å². The number of fused-ring (bicyclic) bond motifs is 2. The number of nitrogens with zero attached hydrogens (tertiary/aromatic N) is 3. The van der Waals surface area contributed by atoms with E-state index < -0.39 is 5.66 Å². The van der Waals surface area contributed by atoms with Gasteiger partial charge in [0.1, 0.15) is 11.7 Å². The van der Waals surface area contributed by atoms with Crippen LogP contribution in [0.2, 0.25) is 0 Å². The van der Waals surface area contributed by atoms with Crippen molar-refractivity contribution >= 4 is 22.4 Å². The van der Waals surface area contributed by atoms with Crippen molar-refractivity contribution in [1.29, 1.82) is 0 Å². The minimum Gasteiger partial charge on any atom is -0.382 e. The van der Waals surface area contributed by atoms with Gasteiger partial charge in [0, 0.05) is 0 Å². The van der Waals surface area contributed by atoms with Crippen LogP contribution in [0.25, 0.3) is 10.8 Å². The van der Waals surface area contributed by atoms with Crippen LogP contribution in [-0.2, 0) is 5.66 Å². The Balaban J connectivity index is 1.83. The Morgan fingerprint density at radius 3 is 2.71 bits per heavy atom. The molecule has 1 unspecified atom stereocenters. The van der Waals surface area contributed by atoms with Crippen molar-refractivity contribution in [3.63, 3.8) is 0 Å². The van der Waals surface area contributed by atoms with Crippen molar-refractivity contribution < 1.29 is 0 Å². The van der Waals surface area contributed by atoms with E-state index >= 15 is 0 Å². The minimum atomic E-state index is -0.783. The fourth-order valence-electron chi connectivity index (χ4n) is 2.78. The lowest BCUT2D eigenvalue weighted by Crippen LogP contribution is -2.52. The molecule has 4 N–H and O–H groups in total. The van der Waals surface area contributed by atoms with E-state index in [1.807, 2.05) is 24.3 Å². The van der Waals surface area contributed by atoms with E-state index in [0.717, 1.165) is 16.8 Å². The van der Waals surface area contributed by atoms with Crippen LogP contribution in [0.5, 0.6) is 0 Å². The molecule has 21 heavy (non-hydrogen) atoms. The molecule has 0 aromatic heterocycles. The summed E-state index contributed by atoms with van der Waals surface area (Å²) < 4.78 is 0. The predicted octanol–water partition coefficient (Wildman–Crippen LogP) is 1.51. The molecule has 0 spiro atoms. The van der Waals surface area contributed by atoms with E-state index in [9.17, 15) is 0 Å². The second-order valence-corrected chi connectivity index (χ2v) is 5.33. The fraction of sp³-hybridized carbons (Fsp3) is 0.125. The number of benzene rings is 2. The number of hydrazone groups is 1. The number of hydrogen-bond acceptors (Lipinski definition) is 5. The summed E-state index contributed by atoms with van der Waals surface area (Å²) in [5.74, 6) is 1.19. The molecule has 5 heteroatoms. The molecule has 0 bridgehead atoms. The molecular formula is C16H15N5. The van der Waals surface area contributed by atoms with Gasteiger partial charge in [-0.15, -0.1) is 0 Å². The van der Waals surface area contributed by atoms with Crippen LogP contribution in [0.4, 0.5) is 0 Å². The quantitative estimate of drug-likeness (QED) is 0.829. The summed E-state index contributed by atoms with van der Waals surface area (Å²) in [5.41, 5.74) is 12.6. The zero-order valence-corrected chi connectivity index (χ0v) is 11.4. The summed E-state index contributed by atoms with van der Waals surface area (Å²) in [5, 5.41) is 8.39. The largest absolute Gasteiger partial charge is 0.382 e. The maximum Gasteiger partial charge on any atom is 0.157 e. The second kappa shape index (κ2) is 4.17. The maximum atomic E-state index is 6.60. The first-order valence-corrected chi connectivity index (χ1v) is 6.82. The van der Waals surface area contributed by atoms with E-state index in [2.05, 4.69) is 34.4 Å². The average molecular weight is 277 g/mol. The van der Waals surface area contributed by atoms with Gasteiger partial charge in [0.25, 0.3) is 0 Å². The molecule has 5 nitrogen and oxygen atoms in total. The third kappa shape index (κ3) is 1.75. The Bertz CT molecular complexity index is 820. The Labute approximate surface area is 122 Å². The summed E-state index contributed by atoms with van der Waals surface area (Å²) in [6.45, 7) is 0.460. The van der Waals surface area contributed by atoms with Gasteiger partial charge in [-0.1, -0.05) is 36.4 Å². The molecule has 2 aliphatic heterocycles. The van der Waals surface area contributed by atoms with Gasteiger partial charge < -0.3 is 11.5 Å². The zero-order chi connectivity index (χ0) is 14.4. The van der Waals surface area contributed by atoms with Crippen LogP contribution in [0.3, 0.4) is 0 Å². The Morgan fingerprint density at radius 1 is 1.05 bits per heavy atom. The summed E-state index contributed by atoms with van der Waals surface area (Å²) in [4.78, 5) is 4.47. The lowest BCUT2D eigenvalue weighted by atomic mass is 9.97. The predicted molar refractivity (Wildman–Crippen MR) is 84.7 cm³/mol. The van der Waals surface area contributed by atoms with Gasteiger partial charge in [-0.05, 0) is 34.6 Å². The molecule has 104 valence electrons. The fourth-order valence-corrected chi connectivity index (χ4v) is 2.78. The first kappa shape index (κ1) is 12.1. The van der Waals surface area contributed by atoms with Gasteiger partial charge in [0.05, 0.1) is 6.54 Å². The summed E-state index contributed by atoms with van der Waals surface area (Å²) in [6.07, 6.45) is 3.58. The highest BCUT2D eigenvalue weighted by molar-refractivity contribution is 6.05. The van der Waals surface area contributed by atoms with Gasteiger partial charge in [-0.25, -0.2) is 5.01 Å². The SMILES string of the molecule is NC1=NN2C(=NCC2(N)c2ccc3ccccc3c2)C=C1. The van der Waals surface area contributed by atoms with Crippen LogP contribution in [0.1, 0.15) is 5.56 Å². The molecule has 0 saturated heterocycles. The van der Waals surface area contributed by atoms with Crippen LogP contribution < -0.4 is 11.5 Å². The summed E-state index contributed by atoms with van der Waals surface area (Å²) >= 11 is 0. The molecule has 1 atom stereocenters. The van der Waals surface area contributed by atoms with Crippen molar-refractivity contribution in [1.82, 2.24) is 5.01 Å². The maximum absolute atomic E-state index is 6.60. The topological polar surface area (TPSA) is 80.0 Å². The highest BCUT2D eigenvalue weighted by atomic mass is 15.6. The molecule has 2 aromatic carbocycles. The van der Waals surface area contributed by atoms with Crippen LogP contribution in [0, 0.1) is 0 Å². The first-order valence-electron chi connectivity index (χ1n) is 6.82. The third-order valence-corrected chi connectivity index (χ3v) is 3.95. The van der Waals surface area contributed by atoms with Gasteiger partial charge in [-0.3, -0.25) is 4.99 Å². The van der Waals surface area contributed by atoms with Crippen molar-refractivity contribution in [2.45, 2.75) is 5.66 Å². The van der Waals surface area contributed by atoms with E-state index in [1.54, 1.807) is 11.1 Å². The van der Waals surface area contributed by atoms with Gasteiger partial charge in [-0.2, -0.15) is 5.10 Å². The summed E-state index contributed by atoms with van der Waals surface area (Å²) in [7, 11) is 0. The molecule has 0 aliphatic carbocycles. The monoisotopic (exact) mass is 277 g/mol. The van der Waals surface area contributed by atoms with E-state index in [4.69, 9.17) is 11.5 Å².